The highest BCUT2D eigenvalue weighted by molar-refractivity contribution is 9.10. The molecule has 160 valence electrons. The largest absolute Gasteiger partial charge is 0.488 e. The van der Waals surface area contributed by atoms with Crippen LogP contribution in [0.2, 0.25) is 0 Å². The van der Waals surface area contributed by atoms with E-state index in [9.17, 15) is 4.79 Å². The zero-order valence-electron chi connectivity index (χ0n) is 17.9. The van der Waals surface area contributed by atoms with Crippen molar-refractivity contribution in [2.75, 3.05) is 0 Å². The van der Waals surface area contributed by atoms with Crippen LogP contribution in [0.4, 0.5) is 0 Å². The SMILES string of the molecule is CCn1cc(/C=C2\Oc3c(ccc(OCc4ccc(Br)cc4)c3C)C2=O)c2ccccc21. The van der Waals surface area contributed by atoms with E-state index in [0.29, 0.717) is 29.4 Å². The molecular weight excluding hydrogens is 466 g/mol. The molecule has 32 heavy (non-hydrogen) atoms. The van der Waals surface area contributed by atoms with Crippen molar-refractivity contribution < 1.29 is 14.3 Å². The van der Waals surface area contributed by atoms with Crippen LogP contribution in [0.25, 0.3) is 17.0 Å². The van der Waals surface area contributed by atoms with Gasteiger partial charge in [-0.05, 0) is 55.8 Å². The maximum Gasteiger partial charge on any atom is 0.231 e. The van der Waals surface area contributed by atoms with E-state index in [4.69, 9.17) is 9.47 Å². The van der Waals surface area contributed by atoms with E-state index >= 15 is 0 Å². The van der Waals surface area contributed by atoms with Gasteiger partial charge in [0.1, 0.15) is 18.1 Å². The molecule has 0 amide bonds. The summed E-state index contributed by atoms with van der Waals surface area (Å²) in [5.74, 6) is 1.53. The molecule has 0 aliphatic carbocycles. The number of ether oxygens (including phenoxy) is 2. The third kappa shape index (κ3) is 3.63. The highest BCUT2D eigenvalue weighted by Crippen LogP contribution is 2.40. The Balaban J connectivity index is 1.43. The molecule has 0 fully saturated rings. The van der Waals surface area contributed by atoms with Crippen molar-refractivity contribution in [3.63, 3.8) is 0 Å². The fourth-order valence-electron chi connectivity index (χ4n) is 4.06. The Morgan fingerprint density at radius 3 is 2.62 bits per heavy atom. The van der Waals surface area contributed by atoms with Gasteiger partial charge in [-0.3, -0.25) is 4.79 Å². The van der Waals surface area contributed by atoms with Crippen LogP contribution < -0.4 is 9.47 Å². The molecule has 5 rings (SSSR count). The van der Waals surface area contributed by atoms with Crippen LogP contribution in [0, 0.1) is 6.92 Å². The average molecular weight is 488 g/mol. The Morgan fingerprint density at radius 1 is 1.06 bits per heavy atom. The number of aromatic nitrogens is 1. The quantitative estimate of drug-likeness (QED) is 0.286. The van der Waals surface area contributed by atoms with Crippen LogP contribution in [0.5, 0.6) is 11.5 Å². The van der Waals surface area contributed by atoms with Gasteiger partial charge in [-0.25, -0.2) is 0 Å². The summed E-state index contributed by atoms with van der Waals surface area (Å²) in [4.78, 5) is 13.0. The Hall–Kier alpha value is -3.31. The Kier molecular flexibility index (Phi) is 5.35. The van der Waals surface area contributed by atoms with Gasteiger partial charge in [0.2, 0.25) is 5.78 Å². The summed E-state index contributed by atoms with van der Waals surface area (Å²) in [7, 11) is 0. The van der Waals surface area contributed by atoms with Gasteiger partial charge in [-0.2, -0.15) is 0 Å². The molecule has 1 aromatic heterocycles. The number of rotatable bonds is 5. The summed E-state index contributed by atoms with van der Waals surface area (Å²) in [6.45, 7) is 5.33. The van der Waals surface area contributed by atoms with Gasteiger partial charge < -0.3 is 14.0 Å². The molecule has 0 saturated carbocycles. The van der Waals surface area contributed by atoms with Crippen LogP contribution in [0.1, 0.15) is 34.0 Å². The monoisotopic (exact) mass is 487 g/mol. The Bertz CT molecular complexity index is 1370. The normalized spacial score (nSPS) is 14.1. The van der Waals surface area contributed by atoms with Gasteiger partial charge in [-0.15, -0.1) is 0 Å². The Morgan fingerprint density at radius 2 is 1.84 bits per heavy atom. The minimum Gasteiger partial charge on any atom is -0.488 e. The lowest BCUT2D eigenvalue weighted by Crippen LogP contribution is -1.98. The van der Waals surface area contributed by atoms with E-state index < -0.39 is 0 Å². The number of para-hydroxylation sites is 1. The van der Waals surface area contributed by atoms with E-state index in [-0.39, 0.29) is 5.78 Å². The molecule has 3 aromatic carbocycles. The van der Waals surface area contributed by atoms with Crippen LogP contribution in [-0.2, 0) is 13.2 Å². The van der Waals surface area contributed by atoms with Crippen molar-refractivity contribution in [3.8, 4) is 11.5 Å². The lowest BCUT2D eigenvalue weighted by atomic mass is 10.1. The fourth-order valence-corrected chi connectivity index (χ4v) is 4.32. The molecule has 2 heterocycles. The van der Waals surface area contributed by atoms with E-state index in [2.05, 4.69) is 45.8 Å². The molecule has 1 aliphatic heterocycles. The molecule has 0 spiro atoms. The van der Waals surface area contributed by atoms with Crippen molar-refractivity contribution in [2.24, 2.45) is 0 Å². The maximum atomic E-state index is 13.0. The van der Waals surface area contributed by atoms with E-state index in [1.807, 2.05) is 55.5 Å². The van der Waals surface area contributed by atoms with Crippen LogP contribution >= 0.6 is 15.9 Å². The molecule has 0 bridgehead atoms. The van der Waals surface area contributed by atoms with Crippen LogP contribution in [0.15, 0.2) is 77.1 Å². The first-order valence-corrected chi connectivity index (χ1v) is 11.4. The second-order valence-electron chi connectivity index (χ2n) is 7.81. The number of hydrogen-bond acceptors (Lipinski definition) is 3. The summed E-state index contributed by atoms with van der Waals surface area (Å²) >= 11 is 3.44. The number of hydrogen-bond donors (Lipinski definition) is 0. The number of halogens is 1. The van der Waals surface area contributed by atoms with Crippen molar-refractivity contribution in [3.05, 3.63) is 99.3 Å². The first-order chi connectivity index (χ1) is 15.5. The number of carbonyl (C=O) groups is 1. The minimum atomic E-state index is -0.101. The lowest BCUT2D eigenvalue weighted by Gasteiger charge is -2.11. The molecule has 1 aliphatic rings. The summed E-state index contributed by atoms with van der Waals surface area (Å²) in [6, 6.07) is 19.8. The summed E-state index contributed by atoms with van der Waals surface area (Å²) in [5.41, 5.74) is 4.59. The van der Waals surface area contributed by atoms with Crippen LogP contribution in [0.3, 0.4) is 0 Å². The molecule has 4 aromatic rings. The third-order valence-electron chi connectivity index (χ3n) is 5.79. The molecular formula is C27H22BrNO3. The van der Waals surface area contributed by atoms with Gasteiger partial charge >= 0.3 is 0 Å². The van der Waals surface area contributed by atoms with E-state index in [1.165, 1.54) is 0 Å². The highest BCUT2D eigenvalue weighted by Gasteiger charge is 2.30. The first-order valence-electron chi connectivity index (χ1n) is 10.6. The summed E-state index contributed by atoms with van der Waals surface area (Å²) < 4.78 is 15.3. The number of benzene rings is 3. The highest BCUT2D eigenvalue weighted by atomic mass is 79.9. The third-order valence-corrected chi connectivity index (χ3v) is 6.32. The molecule has 0 unspecified atom stereocenters. The lowest BCUT2D eigenvalue weighted by molar-refractivity contribution is 0.101. The number of fused-ring (bicyclic) bond motifs is 2. The second kappa shape index (κ2) is 8.32. The number of aryl methyl sites for hydroxylation is 1. The smallest absolute Gasteiger partial charge is 0.231 e. The molecule has 0 N–H and O–H groups in total. The van der Waals surface area contributed by atoms with Crippen molar-refractivity contribution >= 4 is 38.7 Å². The molecule has 0 atom stereocenters. The second-order valence-corrected chi connectivity index (χ2v) is 8.72. The topological polar surface area (TPSA) is 40.5 Å². The van der Waals surface area contributed by atoms with Crippen molar-refractivity contribution in [1.29, 1.82) is 0 Å². The maximum absolute atomic E-state index is 13.0. The van der Waals surface area contributed by atoms with Gasteiger partial charge in [0, 0.05) is 39.2 Å². The predicted octanol–water partition coefficient (Wildman–Crippen LogP) is 6.93. The van der Waals surface area contributed by atoms with Gasteiger partial charge in [0.25, 0.3) is 0 Å². The van der Waals surface area contributed by atoms with Gasteiger partial charge in [0.05, 0.1) is 5.56 Å². The molecule has 0 saturated heterocycles. The standard InChI is InChI=1S/C27H22BrNO3/c1-3-29-15-19(21-6-4-5-7-23(21)29)14-25-26(30)22-12-13-24(17(2)27(22)32-25)31-16-18-8-10-20(28)11-9-18/h4-15H,3,16H2,1-2H3/b25-14-. The molecule has 5 heteroatoms. The average Bonchev–Trinajstić information content (AvgIpc) is 3.33. The van der Waals surface area contributed by atoms with E-state index in [1.54, 1.807) is 6.07 Å². The number of nitrogens with zero attached hydrogens (tertiary/aromatic N) is 1. The van der Waals surface area contributed by atoms with Gasteiger partial charge in [0.15, 0.2) is 5.76 Å². The number of allylic oxidation sites excluding steroid dienone is 1. The van der Waals surface area contributed by atoms with Crippen molar-refractivity contribution in [2.45, 2.75) is 27.0 Å². The number of ketones is 1. The zero-order valence-corrected chi connectivity index (χ0v) is 19.5. The fraction of sp³-hybridized carbons (Fsp3) is 0.148. The van der Waals surface area contributed by atoms with Crippen molar-refractivity contribution in [1.82, 2.24) is 4.57 Å². The van der Waals surface area contributed by atoms with E-state index in [0.717, 1.165) is 38.6 Å². The molecule has 4 nitrogen and oxygen atoms in total. The molecule has 0 radical (unpaired) electrons. The van der Waals surface area contributed by atoms with Gasteiger partial charge in [-0.1, -0.05) is 46.3 Å². The first kappa shape index (κ1) is 20.6. The number of Topliss-reactive ketones (excluding diaryl/α,β-unsaturated/α-hetero) is 1. The number of carbonyl (C=O) groups excluding carboxylic acids is 1. The Labute approximate surface area is 195 Å². The summed E-state index contributed by atoms with van der Waals surface area (Å²) in [6.07, 6.45) is 3.91. The van der Waals surface area contributed by atoms with Crippen LogP contribution in [-0.4, -0.2) is 10.4 Å². The predicted molar refractivity (Wildman–Crippen MR) is 130 cm³/mol. The summed E-state index contributed by atoms with van der Waals surface area (Å²) in [5, 5.41) is 1.10. The minimum absolute atomic E-state index is 0.101. The zero-order chi connectivity index (χ0) is 22.2.